The number of amides is 1. The highest BCUT2D eigenvalue weighted by Crippen LogP contribution is 2.25. The Bertz CT molecular complexity index is 378. The van der Waals surface area contributed by atoms with Crippen LogP contribution in [0.5, 0.6) is 0 Å². The molecule has 2 aliphatic rings. The van der Waals surface area contributed by atoms with Gasteiger partial charge in [0.25, 0.3) is 0 Å². The zero-order valence-corrected chi connectivity index (χ0v) is 13.3. The maximum absolute atomic E-state index is 12.7. The molecule has 1 amide bonds. The quantitative estimate of drug-likeness (QED) is 0.842. The zero-order valence-electron chi connectivity index (χ0n) is 13.3. The molecule has 2 rings (SSSR count). The van der Waals surface area contributed by atoms with Crippen LogP contribution in [0.15, 0.2) is 0 Å². The first kappa shape index (κ1) is 16.3. The second-order valence-corrected chi connectivity index (χ2v) is 6.75. The Hall–Kier alpha value is -1.10. The van der Waals surface area contributed by atoms with Gasteiger partial charge in [0.05, 0.1) is 12.5 Å². The summed E-state index contributed by atoms with van der Waals surface area (Å²) in [4.78, 5) is 27.7. The summed E-state index contributed by atoms with van der Waals surface area (Å²) in [7, 11) is 0. The fourth-order valence-electron chi connectivity index (χ4n) is 3.72. The standard InChI is InChI=1S/C16H28N2O3/c1-12(2)18(14-6-4-3-5-7-14)15(19)11-17-9-8-13(10-17)16(20)21/h12-14H,3-11H2,1-2H3,(H,20,21)/t13-/m1/s1. The van der Waals surface area contributed by atoms with Crippen LogP contribution in [0.3, 0.4) is 0 Å². The molecule has 0 radical (unpaired) electrons. The van der Waals surface area contributed by atoms with E-state index in [0.717, 1.165) is 19.4 Å². The molecular formula is C16H28N2O3. The molecule has 5 nitrogen and oxygen atoms in total. The van der Waals surface area contributed by atoms with Gasteiger partial charge in [-0.3, -0.25) is 14.5 Å². The molecule has 1 heterocycles. The normalized spacial score (nSPS) is 24.4. The van der Waals surface area contributed by atoms with Crippen molar-refractivity contribution in [3.8, 4) is 0 Å². The number of carboxylic acid groups (broad SMARTS) is 1. The van der Waals surface area contributed by atoms with Crippen LogP contribution in [0.2, 0.25) is 0 Å². The number of carbonyl (C=O) groups excluding carboxylic acids is 1. The van der Waals surface area contributed by atoms with Gasteiger partial charge in [-0.15, -0.1) is 0 Å². The maximum Gasteiger partial charge on any atom is 0.307 e. The Morgan fingerprint density at radius 3 is 2.38 bits per heavy atom. The second kappa shape index (κ2) is 7.25. The molecule has 0 aromatic carbocycles. The second-order valence-electron chi connectivity index (χ2n) is 6.75. The third-order valence-corrected chi connectivity index (χ3v) is 4.79. The predicted molar refractivity (Wildman–Crippen MR) is 81.0 cm³/mol. The first-order valence-corrected chi connectivity index (χ1v) is 8.25. The summed E-state index contributed by atoms with van der Waals surface area (Å²) < 4.78 is 0. The number of aliphatic carboxylic acids is 1. The van der Waals surface area contributed by atoms with Crippen molar-refractivity contribution in [1.82, 2.24) is 9.80 Å². The summed E-state index contributed by atoms with van der Waals surface area (Å²) in [6, 6.07) is 0.600. The van der Waals surface area contributed by atoms with Gasteiger partial charge >= 0.3 is 5.97 Å². The minimum atomic E-state index is -0.738. The molecule has 21 heavy (non-hydrogen) atoms. The van der Waals surface area contributed by atoms with Gasteiger partial charge in [-0.1, -0.05) is 19.3 Å². The van der Waals surface area contributed by atoms with Crippen molar-refractivity contribution in [1.29, 1.82) is 0 Å². The third kappa shape index (κ3) is 4.19. The number of nitrogens with zero attached hydrogens (tertiary/aromatic N) is 2. The summed E-state index contributed by atoms with van der Waals surface area (Å²) in [5, 5.41) is 9.04. The number of hydrogen-bond acceptors (Lipinski definition) is 3. The smallest absolute Gasteiger partial charge is 0.307 e. The topological polar surface area (TPSA) is 60.9 Å². The van der Waals surface area contributed by atoms with E-state index in [4.69, 9.17) is 5.11 Å². The molecule has 0 unspecified atom stereocenters. The van der Waals surface area contributed by atoms with E-state index in [-0.39, 0.29) is 17.9 Å². The van der Waals surface area contributed by atoms with Crippen LogP contribution in [0, 0.1) is 5.92 Å². The van der Waals surface area contributed by atoms with Crippen LogP contribution in [0.4, 0.5) is 0 Å². The van der Waals surface area contributed by atoms with Crippen LogP contribution in [0.25, 0.3) is 0 Å². The van der Waals surface area contributed by atoms with Gasteiger partial charge in [-0.05, 0) is 39.7 Å². The third-order valence-electron chi connectivity index (χ3n) is 4.79. The van der Waals surface area contributed by atoms with E-state index in [9.17, 15) is 9.59 Å². The van der Waals surface area contributed by atoms with Crippen molar-refractivity contribution in [2.75, 3.05) is 19.6 Å². The number of hydrogen-bond donors (Lipinski definition) is 1. The fraction of sp³-hybridized carbons (Fsp3) is 0.875. The number of carbonyl (C=O) groups is 2. The maximum atomic E-state index is 12.7. The molecule has 120 valence electrons. The van der Waals surface area contributed by atoms with E-state index in [0.29, 0.717) is 25.6 Å². The van der Waals surface area contributed by atoms with Gasteiger partial charge in [0.2, 0.25) is 5.91 Å². The highest BCUT2D eigenvalue weighted by atomic mass is 16.4. The number of likely N-dealkylation sites (tertiary alicyclic amines) is 1. The van der Waals surface area contributed by atoms with E-state index in [1.54, 1.807) is 0 Å². The first-order valence-electron chi connectivity index (χ1n) is 8.25. The van der Waals surface area contributed by atoms with Gasteiger partial charge in [0.1, 0.15) is 0 Å². The summed E-state index contributed by atoms with van der Waals surface area (Å²) in [5.74, 6) is -0.874. The predicted octanol–water partition coefficient (Wildman–Crippen LogP) is 1.96. The van der Waals surface area contributed by atoms with Crippen molar-refractivity contribution in [2.24, 2.45) is 5.92 Å². The Kier molecular flexibility index (Phi) is 5.62. The van der Waals surface area contributed by atoms with E-state index in [2.05, 4.69) is 13.8 Å². The minimum Gasteiger partial charge on any atom is -0.481 e. The highest BCUT2D eigenvalue weighted by Gasteiger charge is 2.32. The van der Waals surface area contributed by atoms with Gasteiger partial charge in [-0.25, -0.2) is 0 Å². The highest BCUT2D eigenvalue weighted by molar-refractivity contribution is 5.79. The molecule has 1 atom stereocenters. The molecule has 0 aromatic heterocycles. The lowest BCUT2D eigenvalue weighted by Crippen LogP contribution is -2.49. The summed E-state index contributed by atoms with van der Waals surface area (Å²) >= 11 is 0. The number of carboxylic acids is 1. The largest absolute Gasteiger partial charge is 0.481 e. The average Bonchev–Trinajstić information content (AvgIpc) is 2.88. The van der Waals surface area contributed by atoms with Gasteiger partial charge in [0, 0.05) is 18.6 Å². The van der Waals surface area contributed by atoms with Crippen LogP contribution in [-0.2, 0) is 9.59 Å². The van der Waals surface area contributed by atoms with E-state index in [1.807, 2.05) is 9.80 Å². The zero-order chi connectivity index (χ0) is 15.4. The molecule has 0 spiro atoms. The minimum absolute atomic E-state index is 0.169. The lowest BCUT2D eigenvalue weighted by Gasteiger charge is -2.38. The summed E-state index contributed by atoms with van der Waals surface area (Å²) in [5.41, 5.74) is 0. The van der Waals surface area contributed by atoms with Crippen molar-refractivity contribution in [3.63, 3.8) is 0 Å². The lowest BCUT2D eigenvalue weighted by molar-refractivity contribution is -0.142. The summed E-state index contributed by atoms with van der Waals surface area (Å²) in [6.07, 6.45) is 6.60. The van der Waals surface area contributed by atoms with Crippen molar-refractivity contribution >= 4 is 11.9 Å². The van der Waals surface area contributed by atoms with E-state index in [1.165, 1.54) is 19.3 Å². The first-order chi connectivity index (χ1) is 9.99. The molecule has 0 aromatic rings. The van der Waals surface area contributed by atoms with Crippen LogP contribution in [-0.4, -0.2) is 58.5 Å². The molecular weight excluding hydrogens is 268 g/mol. The van der Waals surface area contributed by atoms with Gasteiger partial charge in [0.15, 0.2) is 0 Å². The van der Waals surface area contributed by atoms with Gasteiger partial charge in [-0.2, -0.15) is 0 Å². The SMILES string of the molecule is CC(C)N(C(=O)CN1CC[C@@H](C(=O)O)C1)C1CCCCC1. The van der Waals surface area contributed by atoms with Crippen LogP contribution in [0.1, 0.15) is 52.4 Å². The average molecular weight is 296 g/mol. The van der Waals surface area contributed by atoms with Crippen molar-refractivity contribution in [3.05, 3.63) is 0 Å². The molecule has 1 saturated carbocycles. The Morgan fingerprint density at radius 2 is 1.86 bits per heavy atom. The van der Waals surface area contributed by atoms with Crippen LogP contribution >= 0.6 is 0 Å². The molecule has 5 heteroatoms. The molecule has 1 saturated heterocycles. The molecule has 1 N–H and O–H groups in total. The van der Waals surface area contributed by atoms with Crippen molar-refractivity contribution < 1.29 is 14.7 Å². The Morgan fingerprint density at radius 1 is 1.19 bits per heavy atom. The van der Waals surface area contributed by atoms with Crippen molar-refractivity contribution in [2.45, 2.75) is 64.5 Å². The molecule has 1 aliphatic heterocycles. The lowest BCUT2D eigenvalue weighted by atomic mass is 9.93. The molecule has 0 bridgehead atoms. The van der Waals surface area contributed by atoms with E-state index >= 15 is 0 Å². The summed E-state index contributed by atoms with van der Waals surface area (Å²) in [6.45, 7) is 5.77. The monoisotopic (exact) mass is 296 g/mol. The Balaban J connectivity index is 1.91. The Labute approximate surface area is 127 Å². The number of rotatable bonds is 5. The fourth-order valence-corrected chi connectivity index (χ4v) is 3.72. The van der Waals surface area contributed by atoms with Crippen LogP contribution < -0.4 is 0 Å². The van der Waals surface area contributed by atoms with Gasteiger partial charge < -0.3 is 10.0 Å². The molecule has 1 aliphatic carbocycles. The molecule has 2 fully saturated rings. The van der Waals surface area contributed by atoms with E-state index < -0.39 is 5.97 Å².